The molecular weight excluding hydrogens is 402 g/mol. The summed E-state index contributed by atoms with van der Waals surface area (Å²) in [6.07, 6.45) is 3.28. The molecule has 1 aliphatic carbocycles. The summed E-state index contributed by atoms with van der Waals surface area (Å²) in [7, 11) is 0. The van der Waals surface area contributed by atoms with E-state index in [2.05, 4.69) is 15.3 Å². The largest absolute Gasteiger partial charge is 0.457 e. The molecule has 1 aliphatic heterocycles. The fraction of sp³-hybridized carbons (Fsp3) is 0.304. The van der Waals surface area contributed by atoms with Gasteiger partial charge >= 0.3 is 0 Å². The van der Waals surface area contributed by atoms with Gasteiger partial charge < -0.3 is 19.5 Å². The zero-order valence-electron chi connectivity index (χ0n) is 16.4. The van der Waals surface area contributed by atoms with Crippen LogP contribution < -0.4 is 10.1 Å². The van der Waals surface area contributed by atoms with Crippen molar-refractivity contribution in [2.24, 2.45) is 5.92 Å². The number of aromatic nitrogens is 2. The molecule has 1 spiro atoms. The molecule has 0 radical (unpaired) electrons. The van der Waals surface area contributed by atoms with Gasteiger partial charge in [0.25, 0.3) is 0 Å². The summed E-state index contributed by atoms with van der Waals surface area (Å²) in [6.45, 7) is 2.16. The zero-order valence-corrected chi connectivity index (χ0v) is 17.1. The molecular formula is C23H22ClN3O3. The van der Waals surface area contributed by atoms with Crippen LogP contribution in [0.1, 0.15) is 12.8 Å². The van der Waals surface area contributed by atoms with Crippen LogP contribution in [0.3, 0.4) is 0 Å². The van der Waals surface area contributed by atoms with Crippen LogP contribution in [-0.4, -0.2) is 35.5 Å². The molecule has 1 N–H and O–H groups in total. The van der Waals surface area contributed by atoms with Crippen LogP contribution >= 0.6 is 11.6 Å². The quantitative estimate of drug-likeness (QED) is 0.553. The number of hydrogen-bond donors (Lipinski definition) is 1. The molecule has 1 saturated heterocycles. The van der Waals surface area contributed by atoms with E-state index in [4.69, 9.17) is 25.8 Å². The summed E-state index contributed by atoms with van der Waals surface area (Å²) in [5.41, 5.74) is 1.71. The second-order valence-corrected chi connectivity index (χ2v) is 7.95. The van der Waals surface area contributed by atoms with Crippen molar-refractivity contribution in [1.29, 1.82) is 0 Å². The highest BCUT2D eigenvalue weighted by Crippen LogP contribution is 2.44. The first kappa shape index (κ1) is 19.3. The Balaban J connectivity index is 1.28. The van der Waals surface area contributed by atoms with Gasteiger partial charge in [0, 0.05) is 19.4 Å². The predicted molar refractivity (Wildman–Crippen MR) is 115 cm³/mol. The van der Waals surface area contributed by atoms with Crippen LogP contribution in [0.5, 0.6) is 11.5 Å². The first-order chi connectivity index (χ1) is 14.7. The Bertz CT molecular complexity index is 1000. The number of rotatable bonds is 6. The number of anilines is 1. The molecule has 1 saturated carbocycles. The monoisotopic (exact) mass is 423 g/mol. The van der Waals surface area contributed by atoms with E-state index in [-0.39, 0.29) is 5.79 Å². The van der Waals surface area contributed by atoms with Crippen LogP contribution in [0.2, 0.25) is 5.15 Å². The van der Waals surface area contributed by atoms with Crippen molar-refractivity contribution >= 4 is 17.4 Å². The van der Waals surface area contributed by atoms with Crippen LogP contribution in [0, 0.1) is 5.92 Å². The van der Waals surface area contributed by atoms with E-state index >= 15 is 0 Å². The van der Waals surface area contributed by atoms with Crippen molar-refractivity contribution in [3.8, 4) is 22.6 Å². The van der Waals surface area contributed by atoms with Crippen molar-refractivity contribution in [3.63, 3.8) is 0 Å². The summed E-state index contributed by atoms with van der Waals surface area (Å²) >= 11 is 6.43. The molecule has 6 nitrogen and oxygen atoms in total. The second kappa shape index (κ2) is 8.22. The van der Waals surface area contributed by atoms with Gasteiger partial charge in [0.2, 0.25) is 0 Å². The third-order valence-corrected chi connectivity index (χ3v) is 5.78. The molecule has 3 aromatic rings. The molecule has 2 aromatic carbocycles. The average molecular weight is 424 g/mol. The minimum Gasteiger partial charge on any atom is -0.457 e. The summed E-state index contributed by atoms with van der Waals surface area (Å²) < 4.78 is 17.3. The second-order valence-electron chi connectivity index (χ2n) is 7.59. The molecule has 2 aliphatic rings. The Morgan fingerprint density at radius 1 is 0.967 bits per heavy atom. The van der Waals surface area contributed by atoms with E-state index in [9.17, 15) is 0 Å². The maximum absolute atomic E-state index is 6.43. The summed E-state index contributed by atoms with van der Waals surface area (Å²) in [5, 5.41) is 3.85. The smallest absolute Gasteiger partial charge is 0.169 e. The molecule has 0 bridgehead atoms. The number of benzene rings is 2. The molecule has 2 fully saturated rings. The van der Waals surface area contributed by atoms with Crippen molar-refractivity contribution in [3.05, 3.63) is 66.1 Å². The molecule has 154 valence electrons. The highest BCUT2D eigenvalue weighted by molar-refractivity contribution is 6.32. The molecule has 30 heavy (non-hydrogen) atoms. The van der Waals surface area contributed by atoms with Gasteiger partial charge in [0.1, 0.15) is 28.8 Å². The molecule has 0 unspecified atom stereocenters. The molecule has 5 rings (SSSR count). The van der Waals surface area contributed by atoms with Crippen molar-refractivity contribution in [2.75, 3.05) is 25.1 Å². The van der Waals surface area contributed by atoms with E-state index in [0.29, 0.717) is 24.3 Å². The summed E-state index contributed by atoms with van der Waals surface area (Å²) in [6, 6.07) is 17.4. The lowest BCUT2D eigenvalue weighted by molar-refractivity contribution is -0.227. The van der Waals surface area contributed by atoms with Crippen molar-refractivity contribution in [2.45, 2.75) is 18.6 Å². The van der Waals surface area contributed by atoms with Crippen LogP contribution in [0.4, 0.5) is 5.82 Å². The fourth-order valence-electron chi connectivity index (χ4n) is 4.01. The maximum Gasteiger partial charge on any atom is 0.169 e. The third kappa shape index (κ3) is 3.99. The summed E-state index contributed by atoms with van der Waals surface area (Å²) in [4.78, 5) is 8.59. The number of nitrogens with zero attached hydrogens (tertiary/aromatic N) is 2. The lowest BCUT2D eigenvalue weighted by atomic mass is 9.79. The summed E-state index contributed by atoms with van der Waals surface area (Å²) in [5.74, 6) is 2.41. The number of ether oxygens (including phenoxy) is 3. The van der Waals surface area contributed by atoms with Gasteiger partial charge in [-0.1, -0.05) is 41.9 Å². The zero-order chi connectivity index (χ0) is 20.4. The van der Waals surface area contributed by atoms with Crippen LogP contribution in [-0.2, 0) is 9.47 Å². The highest BCUT2D eigenvalue weighted by Gasteiger charge is 2.48. The van der Waals surface area contributed by atoms with Crippen LogP contribution in [0.15, 0.2) is 60.9 Å². The average Bonchev–Trinajstić information content (AvgIpc) is 3.23. The SMILES string of the molecule is Clc1ncnc(NCC2CC3(C2)OCCO3)c1-c1ccc(Oc2ccccc2)cc1. The minimum absolute atomic E-state index is 0.340. The van der Waals surface area contributed by atoms with Crippen molar-refractivity contribution in [1.82, 2.24) is 9.97 Å². The highest BCUT2D eigenvalue weighted by atomic mass is 35.5. The maximum atomic E-state index is 6.43. The van der Waals surface area contributed by atoms with Crippen molar-refractivity contribution < 1.29 is 14.2 Å². The molecule has 0 atom stereocenters. The normalized spacial score (nSPS) is 17.6. The first-order valence-electron chi connectivity index (χ1n) is 10.1. The predicted octanol–water partition coefficient (Wildman–Crippen LogP) is 5.15. The minimum atomic E-state index is -0.340. The Kier molecular flexibility index (Phi) is 5.29. The van der Waals surface area contributed by atoms with E-state index in [0.717, 1.165) is 47.8 Å². The van der Waals surface area contributed by atoms with Gasteiger partial charge in [-0.25, -0.2) is 9.97 Å². The number of halogens is 1. The van der Waals surface area contributed by atoms with E-state index in [1.807, 2.05) is 54.6 Å². The van der Waals surface area contributed by atoms with Gasteiger partial charge in [0.05, 0.1) is 18.8 Å². The van der Waals surface area contributed by atoms with Gasteiger partial charge in [-0.2, -0.15) is 0 Å². The lowest BCUT2D eigenvalue weighted by Gasteiger charge is -2.43. The Morgan fingerprint density at radius 2 is 1.67 bits per heavy atom. The Morgan fingerprint density at radius 3 is 2.40 bits per heavy atom. The van der Waals surface area contributed by atoms with Gasteiger partial charge in [0.15, 0.2) is 5.79 Å². The lowest BCUT2D eigenvalue weighted by Crippen LogP contribution is -2.47. The standard InChI is InChI=1S/C23H22ClN3O3/c24-21-20(17-6-8-19(9-7-17)30-18-4-2-1-3-5-18)22(27-15-26-21)25-14-16-12-23(13-16)28-10-11-29-23/h1-9,15-16H,10-14H2,(H,25,26,27). The van der Waals surface area contributed by atoms with Gasteiger partial charge in [-0.15, -0.1) is 0 Å². The van der Waals surface area contributed by atoms with E-state index < -0.39 is 0 Å². The Labute approximate surface area is 180 Å². The first-order valence-corrected chi connectivity index (χ1v) is 10.4. The third-order valence-electron chi connectivity index (χ3n) is 5.49. The number of para-hydroxylation sites is 1. The molecule has 2 heterocycles. The Hall–Kier alpha value is -2.67. The van der Waals surface area contributed by atoms with E-state index in [1.165, 1.54) is 6.33 Å². The molecule has 0 amide bonds. The van der Waals surface area contributed by atoms with Crippen LogP contribution in [0.25, 0.3) is 11.1 Å². The topological polar surface area (TPSA) is 65.5 Å². The molecule has 1 aromatic heterocycles. The molecule has 7 heteroatoms. The number of nitrogens with one attached hydrogen (secondary N) is 1. The number of hydrogen-bond acceptors (Lipinski definition) is 6. The van der Waals surface area contributed by atoms with Gasteiger partial charge in [-0.3, -0.25) is 0 Å². The van der Waals surface area contributed by atoms with Gasteiger partial charge in [-0.05, 0) is 35.7 Å². The van der Waals surface area contributed by atoms with E-state index in [1.54, 1.807) is 0 Å². The fourth-order valence-corrected chi connectivity index (χ4v) is 4.25.